The van der Waals surface area contributed by atoms with Crippen LogP contribution >= 0.6 is 11.6 Å². The molecule has 0 atom stereocenters. The molecule has 21 heavy (non-hydrogen) atoms. The molecule has 7 nitrogen and oxygen atoms in total. The lowest BCUT2D eigenvalue weighted by molar-refractivity contribution is -0.385. The molecule has 8 heteroatoms. The molecule has 112 valence electrons. The van der Waals surface area contributed by atoms with Crippen LogP contribution < -0.4 is 0 Å². The molecule has 0 N–H and O–H groups in total. The summed E-state index contributed by atoms with van der Waals surface area (Å²) in [4.78, 5) is 28.0. The monoisotopic (exact) mass is 311 g/mol. The van der Waals surface area contributed by atoms with E-state index in [1.165, 1.54) is 11.0 Å². The first kappa shape index (κ1) is 15.4. The maximum Gasteiger partial charge on any atom is 0.300 e. The first-order valence-corrected chi connectivity index (χ1v) is 6.66. The van der Waals surface area contributed by atoms with E-state index in [4.69, 9.17) is 16.3 Å². The van der Waals surface area contributed by atoms with E-state index < -0.39 is 10.8 Å². The smallest absolute Gasteiger partial charge is 0.300 e. The Bertz CT molecular complexity index is 603. The largest absolute Gasteiger partial charge is 0.380 e. The second-order valence-corrected chi connectivity index (χ2v) is 4.97. The Hall–Kier alpha value is -1.99. The molecule has 0 saturated heterocycles. The molecule has 0 radical (unpaired) electrons. The number of rotatable bonds is 4. The lowest BCUT2D eigenvalue weighted by atomic mass is 10.1. The second-order valence-electron chi connectivity index (χ2n) is 4.58. The van der Waals surface area contributed by atoms with Gasteiger partial charge in [0.15, 0.2) is 0 Å². The van der Waals surface area contributed by atoms with Gasteiger partial charge in [0.25, 0.3) is 11.6 Å². The van der Waals surface area contributed by atoms with Crippen molar-refractivity contribution in [2.24, 2.45) is 0 Å². The first-order valence-electron chi connectivity index (χ1n) is 6.29. The maximum absolute atomic E-state index is 12.4. The number of amides is 1. The molecule has 2 heterocycles. The summed E-state index contributed by atoms with van der Waals surface area (Å²) >= 11 is 5.74. The number of nitrogens with zero attached hydrogens (tertiary/aromatic N) is 3. The van der Waals surface area contributed by atoms with Crippen molar-refractivity contribution in [3.8, 4) is 0 Å². The predicted octanol–water partition coefficient (Wildman–Crippen LogP) is 2.06. The minimum Gasteiger partial charge on any atom is -0.380 e. The van der Waals surface area contributed by atoms with Crippen molar-refractivity contribution in [1.29, 1.82) is 0 Å². The summed E-state index contributed by atoms with van der Waals surface area (Å²) in [7, 11) is 1.61. The molecule has 0 aliphatic carbocycles. The molecular weight excluding hydrogens is 298 g/mol. The van der Waals surface area contributed by atoms with Crippen LogP contribution in [0.3, 0.4) is 0 Å². The van der Waals surface area contributed by atoms with Crippen LogP contribution in [0.2, 0.25) is 5.15 Å². The molecule has 2 rings (SSSR count). The number of ether oxygens (including phenoxy) is 1. The molecule has 1 aromatic rings. The summed E-state index contributed by atoms with van der Waals surface area (Å²) in [6.07, 6.45) is 3.59. The number of hydrogen-bond donors (Lipinski definition) is 0. The fraction of sp³-hybridized carbons (Fsp3) is 0.385. The zero-order valence-electron chi connectivity index (χ0n) is 11.4. The summed E-state index contributed by atoms with van der Waals surface area (Å²) in [6, 6.07) is 1.23. The van der Waals surface area contributed by atoms with Crippen LogP contribution in [0.1, 0.15) is 16.8 Å². The Kier molecular flexibility index (Phi) is 4.87. The molecule has 0 unspecified atom stereocenters. The van der Waals surface area contributed by atoms with Crippen LogP contribution in [0, 0.1) is 10.1 Å². The maximum atomic E-state index is 12.4. The standard InChI is InChI=1S/C13H14ClN3O4/c1-21-8-9-2-4-16(5-3-9)13(18)10-6-12(14)15-7-11(10)17(19)20/h2,6-7H,3-5,8H2,1H3. The zero-order valence-corrected chi connectivity index (χ0v) is 12.2. The van der Waals surface area contributed by atoms with Gasteiger partial charge < -0.3 is 9.64 Å². The molecular formula is C13H14ClN3O4. The van der Waals surface area contributed by atoms with Crippen molar-refractivity contribution in [1.82, 2.24) is 9.88 Å². The average Bonchev–Trinajstić information content (AvgIpc) is 2.47. The number of carbonyl (C=O) groups is 1. The topological polar surface area (TPSA) is 85.6 Å². The minimum absolute atomic E-state index is 0.0383. The van der Waals surface area contributed by atoms with Crippen molar-refractivity contribution in [2.45, 2.75) is 6.42 Å². The third kappa shape index (κ3) is 3.56. The van der Waals surface area contributed by atoms with E-state index in [0.717, 1.165) is 11.8 Å². The summed E-state index contributed by atoms with van der Waals surface area (Å²) in [5.41, 5.74) is 0.739. The molecule has 0 fully saturated rings. The molecule has 0 aromatic carbocycles. The highest BCUT2D eigenvalue weighted by Gasteiger charge is 2.26. The Balaban J connectivity index is 2.22. The van der Waals surface area contributed by atoms with Crippen LogP contribution in [-0.2, 0) is 4.74 Å². The van der Waals surface area contributed by atoms with Crippen LogP contribution in [-0.4, -0.2) is 47.5 Å². The number of hydrogen-bond acceptors (Lipinski definition) is 5. The quantitative estimate of drug-likeness (QED) is 0.368. The number of halogens is 1. The Morgan fingerprint density at radius 3 is 2.95 bits per heavy atom. The van der Waals surface area contributed by atoms with Gasteiger partial charge in [0, 0.05) is 20.2 Å². The van der Waals surface area contributed by atoms with E-state index in [1.807, 2.05) is 6.08 Å². The third-order valence-electron chi connectivity index (χ3n) is 3.20. The van der Waals surface area contributed by atoms with Crippen LogP contribution in [0.4, 0.5) is 5.69 Å². The fourth-order valence-corrected chi connectivity index (χ4v) is 2.28. The van der Waals surface area contributed by atoms with Gasteiger partial charge >= 0.3 is 0 Å². The Morgan fingerprint density at radius 2 is 2.38 bits per heavy atom. The number of aromatic nitrogens is 1. The van der Waals surface area contributed by atoms with Crippen molar-refractivity contribution in [2.75, 3.05) is 26.8 Å². The average molecular weight is 312 g/mol. The number of nitro groups is 1. The van der Waals surface area contributed by atoms with Crippen molar-refractivity contribution >= 4 is 23.2 Å². The summed E-state index contributed by atoms with van der Waals surface area (Å²) in [6.45, 7) is 1.42. The lowest BCUT2D eigenvalue weighted by Crippen LogP contribution is -2.35. The Morgan fingerprint density at radius 1 is 1.62 bits per heavy atom. The summed E-state index contributed by atoms with van der Waals surface area (Å²) in [5, 5.41) is 11.0. The van der Waals surface area contributed by atoms with Gasteiger partial charge in [0.2, 0.25) is 0 Å². The fourth-order valence-electron chi connectivity index (χ4n) is 2.12. The molecule has 1 aromatic heterocycles. The van der Waals surface area contributed by atoms with Gasteiger partial charge in [0.1, 0.15) is 16.9 Å². The van der Waals surface area contributed by atoms with Gasteiger partial charge in [-0.2, -0.15) is 0 Å². The molecule has 1 aliphatic rings. The highest BCUT2D eigenvalue weighted by atomic mass is 35.5. The molecule has 1 aliphatic heterocycles. The molecule has 0 bridgehead atoms. The van der Waals surface area contributed by atoms with Gasteiger partial charge in [-0.3, -0.25) is 14.9 Å². The van der Waals surface area contributed by atoms with Crippen molar-refractivity contribution in [3.63, 3.8) is 0 Å². The van der Waals surface area contributed by atoms with Crippen molar-refractivity contribution in [3.05, 3.63) is 44.7 Å². The summed E-state index contributed by atoms with van der Waals surface area (Å²) in [5.74, 6) is -0.418. The molecule has 0 spiro atoms. The predicted molar refractivity (Wildman–Crippen MR) is 76.4 cm³/mol. The van der Waals surface area contributed by atoms with E-state index >= 15 is 0 Å². The van der Waals surface area contributed by atoms with Crippen LogP contribution in [0.15, 0.2) is 23.9 Å². The van der Waals surface area contributed by atoms with Crippen molar-refractivity contribution < 1.29 is 14.5 Å². The van der Waals surface area contributed by atoms with E-state index in [9.17, 15) is 14.9 Å². The lowest BCUT2D eigenvalue weighted by Gasteiger charge is -2.26. The number of carbonyl (C=O) groups excluding carboxylic acids is 1. The van der Waals surface area contributed by atoms with E-state index in [2.05, 4.69) is 4.98 Å². The van der Waals surface area contributed by atoms with E-state index in [0.29, 0.717) is 26.1 Å². The van der Waals surface area contributed by atoms with Crippen LogP contribution in [0.5, 0.6) is 0 Å². The molecule has 1 amide bonds. The molecule has 0 saturated carbocycles. The van der Waals surface area contributed by atoms with Crippen LogP contribution in [0.25, 0.3) is 0 Å². The van der Waals surface area contributed by atoms with Gasteiger partial charge in [-0.25, -0.2) is 4.98 Å². The zero-order chi connectivity index (χ0) is 15.4. The van der Waals surface area contributed by atoms with Gasteiger partial charge in [-0.05, 0) is 18.1 Å². The number of methoxy groups -OCH3 is 1. The normalized spacial score (nSPS) is 14.8. The SMILES string of the molecule is COCC1=CCN(C(=O)c2cc(Cl)ncc2[N+](=O)[O-])CC1. The van der Waals surface area contributed by atoms with Gasteiger partial charge in [-0.1, -0.05) is 17.7 Å². The second kappa shape index (κ2) is 6.64. The third-order valence-corrected chi connectivity index (χ3v) is 3.40. The van der Waals surface area contributed by atoms with E-state index in [1.54, 1.807) is 7.11 Å². The highest BCUT2D eigenvalue weighted by Crippen LogP contribution is 2.23. The Labute approximate surface area is 126 Å². The van der Waals surface area contributed by atoms with E-state index in [-0.39, 0.29) is 16.4 Å². The number of pyridine rings is 1. The highest BCUT2D eigenvalue weighted by molar-refractivity contribution is 6.29. The van der Waals surface area contributed by atoms with Gasteiger partial charge in [0.05, 0.1) is 11.5 Å². The summed E-state index contributed by atoms with van der Waals surface area (Å²) < 4.78 is 5.04. The van der Waals surface area contributed by atoms with Gasteiger partial charge in [-0.15, -0.1) is 0 Å². The first-order chi connectivity index (χ1) is 10.0. The minimum atomic E-state index is -0.632.